The van der Waals surface area contributed by atoms with Gasteiger partial charge in [0, 0.05) is 16.5 Å². The molecule has 0 heterocycles. The van der Waals surface area contributed by atoms with Gasteiger partial charge in [0.2, 0.25) is 5.91 Å². The molecule has 5 nitrogen and oxygen atoms in total. The van der Waals surface area contributed by atoms with Crippen molar-refractivity contribution in [3.8, 4) is 0 Å². The van der Waals surface area contributed by atoms with Crippen molar-refractivity contribution in [1.29, 1.82) is 0 Å². The molecule has 1 rings (SSSR count). The molecule has 0 radical (unpaired) electrons. The third-order valence-corrected chi connectivity index (χ3v) is 4.26. The first-order chi connectivity index (χ1) is 8.93. The number of benzene rings is 1. The Kier molecular flexibility index (Phi) is 5.69. The maximum absolute atomic E-state index is 11.8. The molecule has 1 aromatic carbocycles. The van der Waals surface area contributed by atoms with Crippen LogP contribution in [0.5, 0.6) is 0 Å². The second-order valence-corrected chi connectivity index (χ2v) is 5.80. The fourth-order valence-corrected chi connectivity index (χ4v) is 2.75. The first-order valence-corrected chi connectivity index (χ1v) is 7.28. The lowest BCUT2D eigenvalue weighted by Crippen LogP contribution is -2.31. The Hall–Kier alpha value is -1.69. The molecule has 2 unspecified atom stereocenters. The number of carboxylic acids is 1. The Balaban J connectivity index is 2.60. The van der Waals surface area contributed by atoms with Crippen LogP contribution in [0.2, 0.25) is 0 Å². The van der Waals surface area contributed by atoms with Crippen LogP contribution in [0.3, 0.4) is 0 Å². The van der Waals surface area contributed by atoms with E-state index >= 15 is 0 Å². The van der Waals surface area contributed by atoms with Gasteiger partial charge >= 0.3 is 5.97 Å². The molecular weight excluding hydrogens is 266 g/mol. The van der Waals surface area contributed by atoms with E-state index in [1.54, 1.807) is 25.1 Å². The van der Waals surface area contributed by atoms with Crippen LogP contribution in [0, 0.1) is 6.92 Å². The Labute approximate surface area is 114 Å². The predicted molar refractivity (Wildman–Crippen MR) is 74.5 cm³/mol. The maximum Gasteiger partial charge on any atom is 0.319 e. The number of anilines is 1. The standard InChI is InChI=1S/C13H17NO4S/c1-3-11(13(16)17)19(18)8-12(15)14-10-6-4-5-9(2)7-10/h4-7,11H,3,8H2,1-2H3,(H,14,15)(H,16,17). The van der Waals surface area contributed by atoms with E-state index in [4.69, 9.17) is 5.11 Å². The maximum atomic E-state index is 11.8. The molecule has 19 heavy (non-hydrogen) atoms. The number of carboxylic acid groups (broad SMARTS) is 1. The number of aliphatic carboxylic acids is 1. The Morgan fingerprint density at radius 2 is 2.11 bits per heavy atom. The largest absolute Gasteiger partial charge is 0.480 e. The zero-order valence-electron chi connectivity index (χ0n) is 10.9. The third-order valence-electron chi connectivity index (χ3n) is 2.54. The predicted octanol–water partition coefficient (Wildman–Crippen LogP) is 1.55. The molecule has 6 heteroatoms. The molecule has 0 aliphatic rings. The van der Waals surface area contributed by atoms with Crippen LogP contribution < -0.4 is 5.32 Å². The quantitative estimate of drug-likeness (QED) is 0.829. The number of aryl methyl sites for hydroxylation is 1. The van der Waals surface area contributed by atoms with Gasteiger partial charge in [0.15, 0.2) is 0 Å². The molecule has 0 bridgehead atoms. The van der Waals surface area contributed by atoms with Gasteiger partial charge in [-0.1, -0.05) is 19.1 Å². The zero-order chi connectivity index (χ0) is 14.4. The number of rotatable bonds is 6. The van der Waals surface area contributed by atoms with Gasteiger partial charge in [-0.05, 0) is 31.0 Å². The smallest absolute Gasteiger partial charge is 0.319 e. The topological polar surface area (TPSA) is 83.5 Å². The van der Waals surface area contributed by atoms with Gasteiger partial charge in [-0.3, -0.25) is 13.8 Å². The van der Waals surface area contributed by atoms with Gasteiger partial charge in [-0.2, -0.15) is 0 Å². The van der Waals surface area contributed by atoms with Crippen molar-refractivity contribution in [2.75, 3.05) is 11.1 Å². The summed E-state index contributed by atoms with van der Waals surface area (Å²) in [6.45, 7) is 3.53. The summed E-state index contributed by atoms with van der Waals surface area (Å²) in [4.78, 5) is 22.5. The highest BCUT2D eigenvalue weighted by molar-refractivity contribution is 7.87. The molecule has 0 fully saturated rings. The minimum absolute atomic E-state index is 0.236. The highest BCUT2D eigenvalue weighted by atomic mass is 32.2. The fourth-order valence-electron chi connectivity index (χ4n) is 1.62. The lowest BCUT2D eigenvalue weighted by atomic mass is 10.2. The van der Waals surface area contributed by atoms with Crippen molar-refractivity contribution in [2.45, 2.75) is 25.5 Å². The van der Waals surface area contributed by atoms with Crippen molar-refractivity contribution in [2.24, 2.45) is 0 Å². The number of carbonyl (C=O) groups excluding carboxylic acids is 1. The van der Waals surface area contributed by atoms with Crippen LogP contribution in [0.15, 0.2) is 24.3 Å². The minimum atomic E-state index is -1.71. The Morgan fingerprint density at radius 3 is 2.63 bits per heavy atom. The first-order valence-electron chi connectivity index (χ1n) is 5.90. The highest BCUT2D eigenvalue weighted by Gasteiger charge is 2.24. The number of nitrogens with one attached hydrogen (secondary N) is 1. The second kappa shape index (κ2) is 7.04. The summed E-state index contributed by atoms with van der Waals surface area (Å²) in [5.74, 6) is -1.88. The number of carbonyl (C=O) groups is 2. The van der Waals surface area contributed by atoms with Crippen LogP contribution in [0.4, 0.5) is 5.69 Å². The molecule has 104 valence electrons. The summed E-state index contributed by atoms with van der Waals surface area (Å²) in [5, 5.41) is 10.5. The molecular formula is C13H17NO4S. The molecule has 0 aromatic heterocycles. The molecule has 0 saturated heterocycles. The van der Waals surface area contributed by atoms with E-state index in [0.717, 1.165) is 5.56 Å². The van der Waals surface area contributed by atoms with E-state index in [1.165, 1.54) is 0 Å². The van der Waals surface area contributed by atoms with Gasteiger partial charge in [-0.25, -0.2) is 0 Å². The van der Waals surface area contributed by atoms with Crippen LogP contribution in [0.25, 0.3) is 0 Å². The highest BCUT2D eigenvalue weighted by Crippen LogP contribution is 2.10. The van der Waals surface area contributed by atoms with Crippen LogP contribution in [-0.2, 0) is 20.4 Å². The summed E-state index contributed by atoms with van der Waals surface area (Å²) in [5.41, 5.74) is 1.61. The van der Waals surface area contributed by atoms with Gasteiger partial charge < -0.3 is 10.4 Å². The summed E-state index contributed by atoms with van der Waals surface area (Å²) < 4.78 is 11.8. The molecule has 0 aliphatic carbocycles. The second-order valence-electron chi connectivity index (χ2n) is 4.18. The minimum Gasteiger partial charge on any atom is -0.480 e. The fraction of sp³-hybridized carbons (Fsp3) is 0.385. The van der Waals surface area contributed by atoms with Crippen LogP contribution >= 0.6 is 0 Å². The molecule has 2 atom stereocenters. The van der Waals surface area contributed by atoms with Crippen molar-refractivity contribution in [3.63, 3.8) is 0 Å². The molecule has 1 amide bonds. The zero-order valence-corrected chi connectivity index (χ0v) is 11.7. The third kappa shape index (κ3) is 4.82. The molecule has 0 spiro atoms. The van der Waals surface area contributed by atoms with E-state index in [2.05, 4.69) is 5.32 Å². The van der Waals surface area contributed by atoms with E-state index < -0.39 is 27.9 Å². The van der Waals surface area contributed by atoms with Gasteiger partial charge in [-0.15, -0.1) is 0 Å². The Bertz CT molecular complexity index is 501. The van der Waals surface area contributed by atoms with E-state index in [9.17, 15) is 13.8 Å². The summed E-state index contributed by atoms with van der Waals surface area (Å²) in [7, 11) is -1.71. The summed E-state index contributed by atoms with van der Waals surface area (Å²) >= 11 is 0. The van der Waals surface area contributed by atoms with E-state index in [-0.39, 0.29) is 12.2 Å². The molecule has 1 aromatic rings. The summed E-state index contributed by atoms with van der Waals surface area (Å²) in [6, 6.07) is 7.21. The SMILES string of the molecule is CCC(C(=O)O)S(=O)CC(=O)Nc1cccc(C)c1. The van der Waals surface area contributed by atoms with Crippen LogP contribution in [0.1, 0.15) is 18.9 Å². The van der Waals surface area contributed by atoms with Gasteiger partial charge in [0.05, 0.1) is 0 Å². The van der Waals surface area contributed by atoms with E-state index in [0.29, 0.717) is 5.69 Å². The van der Waals surface area contributed by atoms with Crippen molar-refractivity contribution >= 4 is 28.4 Å². The summed E-state index contributed by atoms with van der Waals surface area (Å²) in [6.07, 6.45) is 0.236. The Morgan fingerprint density at radius 1 is 1.42 bits per heavy atom. The molecule has 2 N–H and O–H groups in total. The lowest BCUT2D eigenvalue weighted by molar-refractivity contribution is -0.136. The number of hydrogen-bond donors (Lipinski definition) is 2. The number of amides is 1. The van der Waals surface area contributed by atoms with E-state index in [1.807, 2.05) is 13.0 Å². The number of hydrogen-bond acceptors (Lipinski definition) is 3. The average molecular weight is 283 g/mol. The molecule has 0 aliphatic heterocycles. The first kappa shape index (κ1) is 15.4. The van der Waals surface area contributed by atoms with Crippen molar-refractivity contribution in [3.05, 3.63) is 29.8 Å². The normalized spacial score (nSPS) is 13.6. The molecule has 0 saturated carbocycles. The average Bonchev–Trinajstić information content (AvgIpc) is 2.28. The van der Waals surface area contributed by atoms with Gasteiger partial charge in [0.25, 0.3) is 0 Å². The van der Waals surface area contributed by atoms with Crippen molar-refractivity contribution < 1.29 is 18.9 Å². The van der Waals surface area contributed by atoms with Crippen molar-refractivity contribution in [1.82, 2.24) is 0 Å². The van der Waals surface area contributed by atoms with Gasteiger partial charge in [0.1, 0.15) is 11.0 Å². The monoisotopic (exact) mass is 283 g/mol. The van der Waals surface area contributed by atoms with Crippen LogP contribution in [-0.4, -0.2) is 32.2 Å². The lowest BCUT2D eigenvalue weighted by Gasteiger charge is -2.10.